The molecular weight excluding hydrogens is 224 g/mol. The molecule has 2 N–H and O–H groups in total. The van der Waals surface area contributed by atoms with E-state index in [1.54, 1.807) is 0 Å². The van der Waals surface area contributed by atoms with Gasteiger partial charge in [-0.3, -0.25) is 4.90 Å². The number of nitrogens with zero attached hydrogens (tertiary/aromatic N) is 1. The number of morpholine rings is 1. The molecule has 2 rings (SSSR count). The minimum atomic E-state index is 0.285. The molecule has 1 aliphatic rings. The predicted molar refractivity (Wildman–Crippen MR) is 74.6 cm³/mol. The Hall–Kier alpha value is -0.900. The first-order valence-electron chi connectivity index (χ1n) is 6.76. The summed E-state index contributed by atoms with van der Waals surface area (Å²) in [6, 6.07) is 8.96. The molecule has 3 nitrogen and oxygen atoms in total. The van der Waals surface area contributed by atoms with Crippen molar-refractivity contribution in [3.8, 4) is 0 Å². The average Bonchev–Trinajstić information content (AvgIpc) is 2.28. The minimum Gasteiger partial charge on any atom is -0.373 e. The topological polar surface area (TPSA) is 38.5 Å². The zero-order chi connectivity index (χ0) is 13.1. The third kappa shape index (κ3) is 3.10. The monoisotopic (exact) mass is 248 g/mol. The standard InChI is InChI=1S/C15H24N2O/c1-11-5-4-6-14(7-11)15(8-16)17-9-12(2)18-13(3)10-17/h4-7,12-13,15H,8-10,16H2,1-3H3/t12-,13+,15-/m1/s1. The van der Waals surface area contributed by atoms with Crippen LogP contribution in [-0.2, 0) is 4.74 Å². The van der Waals surface area contributed by atoms with Crippen molar-refractivity contribution in [3.05, 3.63) is 35.4 Å². The normalized spacial score (nSPS) is 27.1. The Morgan fingerprint density at radius 2 is 2.00 bits per heavy atom. The zero-order valence-corrected chi connectivity index (χ0v) is 11.6. The molecule has 1 heterocycles. The van der Waals surface area contributed by atoms with Crippen molar-refractivity contribution in [3.63, 3.8) is 0 Å². The fourth-order valence-electron chi connectivity index (χ4n) is 2.85. The largest absolute Gasteiger partial charge is 0.373 e. The molecule has 18 heavy (non-hydrogen) atoms. The lowest BCUT2D eigenvalue weighted by Crippen LogP contribution is -2.48. The third-order valence-electron chi connectivity index (χ3n) is 3.54. The highest BCUT2D eigenvalue weighted by molar-refractivity contribution is 5.25. The van der Waals surface area contributed by atoms with E-state index in [1.807, 2.05) is 0 Å². The van der Waals surface area contributed by atoms with Crippen LogP contribution in [0.3, 0.4) is 0 Å². The van der Waals surface area contributed by atoms with Gasteiger partial charge in [-0.25, -0.2) is 0 Å². The molecule has 1 saturated heterocycles. The average molecular weight is 248 g/mol. The van der Waals surface area contributed by atoms with E-state index in [2.05, 4.69) is 49.9 Å². The summed E-state index contributed by atoms with van der Waals surface area (Å²) in [4.78, 5) is 2.45. The second-order valence-corrected chi connectivity index (χ2v) is 5.38. The summed E-state index contributed by atoms with van der Waals surface area (Å²) in [6.45, 7) is 8.96. The molecule has 0 spiro atoms. The lowest BCUT2D eigenvalue weighted by Gasteiger charge is -2.40. The number of ether oxygens (including phenoxy) is 1. The van der Waals surface area contributed by atoms with Crippen LogP contribution in [0.2, 0.25) is 0 Å². The van der Waals surface area contributed by atoms with Crippen LogP contribution in [0.1, 0.15) is 31.0 Å². The van der Waals surface area contributed by atoms with Crippen molar-refractivity contribution in [1.29, 1.82) is 0 Å². The van der Waals surface area contributed by atoms with Crippen LogP contribution < -0.4 is 5.73 Å². The lowest BCUT2D eigenvalue weighted by atomic mass is 10.0. The predicted octanol–water partition coefficient (Wildman–Crippen LogP) is 2.10. The fraction of sp³-hybridized carbons (Fsp3) is 0.600. The van der Waals surface area contributed by atoms with Crippen LogP contribution in [0.15, 0.2) is 24.3 Å². The van der Waals surface area contributed by atoms with Crippen molar-refractivity contribution in [2.24, 2.45) is 5.73 Å². The summed E-state index contributed by atoms with van der Waals surface area (Å²) >= 11 is 0. The summed E-state index contributed by atoms with van der Waals surface area (Å²) < 4.78 is 5.79. The van der Waals surface area contributed by atoms with E-state index >= 15 is 0 Å². The number of hydrogen-bond donors (Lipinski definition) is 1. The Labute approximate surface area is 110 Å². The molecule has 1 aromatic carbocycles. The Balaban J connectivity index is 2.17. The Kier molecular flexibility index (Phi) is 4.38. The van der Waals surface area contributed by atoms with Gasteiger partial charge in [0.2, 0.25) is 0 Å². The third-order valence-corrected chi connectivity index (χ3v) is 3.54. The molecular formula is C15H24N2O. The van der Waals surface area contributed by atoms with Crippen molar-refractivity contribution < 1.29 is 4.74 Å². The number of nitrogens with two attached hydrogens (primary N) is 1. The van der Waals surface area contributed by atoms with E-state index in [9.17, 15) is 0 Å². The maximum atomic E-state index is 5.99. The van der Waals surface area contributed by atoms with Gasteiger partial charge >= 0.3 is 0 Å². The number of aryl methyl sites for hydroxylation is 1. The first kappa shape index (κ1) is 13.5. The summed E-state index contributed by atoms with van der Waals surface area (Å²) in [5.74, 6) is 0. The first-order chi connectivity index (χ1) is 8.60. The zero-order valence-electron chi connectivity index (χ0n) is 11.6. The van der Waals surface area contributed by atoms with Crippen molar-refractivity contribution >= 4 is 0 Å². The van der Waals surface area contributed by atoms with Crippen molar-refractivity contribution in [2.45, 2.75) is 39.0 Å². The molecule has 100 valence electrons. The van der Waals surface area contributed by atoms with Gasteiger partial charge in [-0.1, -0.05) is 29.8 Å². The molecule has 1 aliphatic heterocycles. The van der Waals surface area contributed by atoms with Gasteiger partial charge in [0.05, 0.1) is 12.2 Å². The minimum absolute atomic E-state index is 0.285. The Bertz CT molecular complexity index is 384. The van der Waals surface area contributed by atoms with E-state index < -0.39 is 0 Å². The van der Waals surface area contributed by atoms with Gasteiger partial charge in [0.15, 0.2) is 0 Å². The highest BCUT2D eigenvalue weighted by Gasteiger charge is 2.28. The second kappa shape index (κ2) is 5.83. The summed E-state index contributed by atoms with van der Waals surface area (Å²) in [6.07, 6.45) is 0.570. The molecule has 0 amide bonds. The van der Waals surface area contributed by atoms with Gasteiger partial charge in [-0.05, 0) is 26.3 Å². The molecule has 0 aromatic heterocycles. The second-order valence-electron chi connectivity index (χ2n) is 5.38. The molecule has 0 radical (unpaired) electrons. The highest BCUT2D eigenvalue weighted by Crippen LogP contribution is 2.24. The van der Waals surface area contributed by atoms with Gasteiger partial charge in [-0.2, -0.15) is 0 Å². The van der Waals surface area contributed by atoms with Gasteiger partial charge in [0.25, 0.3) is 0 Å². The number of rotatable bonds is 3. The Morgan fingerprint density at radius 3 is 2.56 bits per heavy atom. The van der Waals surface area contributed by atoms with Crippen molar-refractivity contribution in [2.75, 3.05) is 19.6 Å². The van der Waals surface area contributed by atoms with Gasteiger partial charge in [0, 0.05) is 25.7 Å². The van der Waals surface area contributed by atoms with Crippen LogP contribution in [0.5, 0.6) is 0 Å². The van der Waals surface area contributed by atoms with Crippen molar-refractivity contribution in [1.82, 2.24) is 4.90 Å². The van der Waals surface area contributed by atoms with E-state index in [0.29, 0.717) is 12.6 Å². The highest BCUT2D eigenvalue weighted by atomic mass is 16.5. The lowest BCUT2D eigenvalue weighted by molar-refractivity contribution is -0.0799. The molecule has 0 aliphatic carbocycles. The van der Waals surface area contributed by atoms with E-state index in [-0.39, 0.29) is 12.2 Å². The molecule has 0 saturated carbocycles. The van der Waals surface area contributed by atoms with Gasteiger partial charge in [-0.15, -0.1) is 0 Å². The SMILES string of the molecule is Cc1cccc([C@@H](CN)N2C[C@@H](C)O[C@@H](C)C2)c1. The summed E-state index contributed by atoms with van der Waals surface area (Å²) in [7, 11) is 0. The van der Waals surface area contributed by atoms with Crippen LogP contribution in [0.4, 0.5) is 0 Å². The van der Waals surface area contributed by atoms with Crippen LogP contribution in [0.25, 0.3) is 0 Å². The number of hydrogen-bond acceptors (Lipinski definition) is 3. The van der Waals surface area contributed by atoms with E-state index in [4.69, 9.17) is 10.5 Å². The summed E-state index contributed by atoms with van der Waals surface area (Å²) in [5, 5.41) is 0. The van der Waals surface area contributed by atoms with E-state index in [0.717, 1.165) is 13.1 Å². The van der Waals surface area contributed by atoms with Crippen LogP contribution in [0, 0.1) is 6.92 Å². The first-order valence-corrected chi connectivity index (χ1v) is 6.76. The molecule has 1 fully saturated rings. The van der Waals surface area contributed by atoms with Gasteiger partial charge in [0.1, 0.15) is 0 Å². The molecule has 0 unspecified atom stereocenters. The molecule has 1 aromatic rings. The fourth-order valence-corrected chi connectivity index (χ4v) is 2.85. The molecule has 3 atom stereocenters. The smallest absolute Gasteiger partial charge is 0.0678 e. The summed E-state index contributed by atoms with van der Waals surface area (Å²) in [5.41, 5.74) is 8.60. The molecule has 3 heteroatoms. The number of benzene rings is 1. The molecule has 0 bridgehead atoms. The van der Waals surface area contributed by atoms with E-state index in [1.165, 1.54) is 11.1 Å². The van der Waals surface area contributed by atoms with Gasteiger partial charge < -0.3 is 10.5 Å². The van der Waals surface area contributed by atoms with Crippen LogP contribution >= 0.6 is 0 Å². The maximum Gasteiger partial charge on any atom is 0.0678 e. The quantitative estimate of drug-likeness (QED) is 0.890. The van der Waals surface area contributed by atoms with Crippen LogP contribution in [-0.4, -0.2) is 36.7 Å². The maximum absolute atomic E-state index is 5.99. The Morgan fingerprint density at radius 1 is 1.33 bits per heavy atom.